The van der Waals surface area contributed by atoms with E-state index in [-0.39, 0.29) is 25.4 Å². The SMILES string of the molecule is FC(F)(F)c1c2ccccc2cc2c(-c3cc4[se]ccc4[se]3)ncnc12. The number of rotatable bonds is 1. The third-order valence-electron chi connectivity index (χ3n) is 4.31. The molecule has 5 aromatic rings. The average molecular weight is 480 g/mol. The number of hydrogen-bond donors (Lipinski definition) is 0. The molecule has 2 aromatic carbocycles. The maximum atomic E-state index is 13.9. The first kappa shape index (κ1) is 16.3. The average Bonchev–Trinajstić information content (AvgIpc) is 3.19. The van der Waals surface area contributed by atoms with E-state index >= 15 is 0 Å². The summed E-state index contributed by atoms with van der Waals surface area (Å²) >= 11 is 0.404. The summed E-state index contributed by atoms with van der Waals surface area (Å²) in [4.78, 5) is 10.6. The van der Waals surface area contributed by atoms with E-state index in [1.807, 2.05) is 0 Å². The molecule has 0 spiro atoms. The molecule has 0 saturated heterocycles. The zero-order chi connectivity index (χ0) is 17.9. The van der Waals surface area contributed by atoms with Crippen LogP contribution in [0.2, 0.25) is 0 Å². The van der Waals surface area contributed by atoms with E-state index in [0.717, 1.165) is 4.44 Å². The van der Waals surface area contributed by atoms with Gasteiger partial charge in [-0.3, -0.25) is 0 Å². The minimum atomic E-state index is -4.48. The van der Waals surface area contributed by atoms with Crippen molar-refractivity contribution in [2.75, 3.05) is 0 Å². The molecule has 26 heavy (non-hydrogen) atoms. The maximum absolute atomic E-state index is 13.9. The van der Waals surface area contributed by atoms with Gasteiger partial charge in [0.1, 0.15) is 0 Å². The van der Waals surface area contributed by atoms with Crippen molar-refractivity contribution in [2.45, 2.75) is 6.18 Å². The molecule has 3 heterocycles. The first-order valence-corrected chi connectivity index (χ1v) is 11.3. The summed E-state index contributed by atoms with van der Waals surface area (Å²) in [6, 6.07) is 12.6. The molecule has 0 bridgehead atoms. The molecule has 0 unspecified atom stereocenters. The van der Waals surface area contributed by atoms with Crippen LogP contribution in [0.5, 0.6) is 0 Å². The summed E-state index contributed by atoms with van der Waals surface area (Å²) in [5, 5.41) is 1.21. The standard InChI is InChI=1S/C19H9F3N2Se2/c20-19(21,22)16-11-4-2-1-3-10(11)7-12-17(23-9-24-18(12)16)15-8-14-13(26-15)5-6-25-14/h1-9H. The predicted molar refractivity (Wildman–Crippen MR) is 98.9 cm³/mol. The molecule has 128 valence electrons. The Labute approximate surface area is 157 Å². The monoisotopic (exact) mass is 482 g/mol. The van der Waals surface area contributed by atoms with Gasteiger partial charge in [-0.05, 0) is 0 Å². The van der Waals surface area contributed by atoms with Gasteiger partial charge in [0.2, 0.25) is 0 Å². The van der Waals surface area contributed by atoms with Gasteiger partial charge in [0.05, 0.1) is 0 Å². The van der Waals surface area contributed by atoms with E-state index in [0.29, 0.717) is 31.0 Å². The van der Waals surface area contributed by atoms with Crippen LogP contribution in [0.4, 0.5) is 13.2 Å². The van der Waals surface area contributed by atoms with E-state index in [2.05, 4.69) is 27.0 Å². The quantitative estimate of drug-likeness (QED) is 0.256. The van der Waals surface area contributed by atoms with Crippen LogP contribution >= 0.6 is 0 Å². The molecule has 0 saturated carbocycles. The third-order valence-corrected chi connectivity index (χ3v) is 9.10. The van der Waals surface area contributed by atoms with Gasteiger partial charge in [-0.25, -0.2) is 0 Å². The molecule has 5 rings (SSSR count). The number of hydrogen-bond acceptors (Lipinski definition) is 2. The zero-order valence-corrected chi connectivity index (χ0v) is 16.5. The Morgan fingerprint density at radius 2 is 1.73 bits per heavy atom. The normalized spacial score (nSPS) is 12.4. The zero-order valence-electron chi connectivity index (χ0n) is 13.0. The molecule has 0 N–H and O–H groups in total. The Kier molecular flexibility index (Phi) is 3.63. The molecule has 0 amide bonds. The molecule has 0 aliphatic rings. The molecule has 2 nitrogen and oxygen atoms in total. The molecule has 0 fully saturated rings. The van der Waals surface area contributed by atoms with E-state index in [1.54, 1.807) is 24.3 Å². The predicted octanol–water partition coefficient (Wildman–Crippen LogP) is 4.74. The Bertz CT molecular complexity index is 1260. The molecule has 0 aliphatic heterocycles. The van der Waals surface area contributed by atoms with E-state index in [1.165, 1.54) is 20.9 Å². The fourth-order valence-corrected chi connectivity index (χ4v) is 8.57. The molecular weight excluding hydrogens is 471 g/mol. The van der Waals surface area contributed by atoms with E-state index < -0.39 is 11.7 Å². The van der Waals surface area contributed by atoms with Crippen LogP contribution in [0, 0.1) is 0 Å². The third kappa shape index (κ3) is 2.47. The number of aromatic nitrogens is 2. The van der Waals surface area contributed by atoms with Crippen LogP contribution in [0.15, 0.2) is 53.7 Å². The minimum absolute atomic E-state index is 0.0222. The van der Waals surface area contributed by atoms with Gasteiger partial charge in [0, 0.05) is 0 Å². The van der Waals surface area contributed by atoms with E-state index in [4.69, 9.17) is 0 Å². The summed E-state index contributed by atoms with van der Waals surface area (Å²) in [6.45, 7) is 0. The van der Waals surface area contributed by atoms with E-state index in [9.17, 15) is 13.2 Å². The fourth-order valence-electron chi connectivity index (χ4n) is 3.23. The second kappa shape index (κ2) is 5.80. The van der Waals surface area contributed by atoms with Gasteiger partial charge in [-0.2, -0.15) is 0 Å². The van der Waals surface area contributed by atoms with Crippen molar-refractivity contribution in [1.82, 2.24) is 9.97 Å². The number of fused-ring (bicyclic) bond motifs is 3. The van der Waals surface area contributed by atoms with Crippen LogP contribution in [0.1, 0.15) is 5.56 Å². The number of halogens is 3. The Hall–Kier alpha value is -1.91. The van der Waals surface area contributed by atoms with Crippen molar-refractivity contribution >= 4 is 59.2 Å². The molecule has 3 aromatic heterocycles. The van der Waals surface area contributed by atoms with Crippen molar-refractivity contribution in [2.24, 2.45) is 0 Å². The second-order valence-corrected chi connectivity index (χ2v) is 10.1. The Balaban J connectivity index is 1.92. The van der Waals surface area contributed by atoms with Crippen molar-refractivity contribution < 1.29 is 13.2 Å². The van der Waals surface area contributed by atoms with Crippen molar-refractivity contribution in [1.29, 1.82) is 0 Å². The number of nitrogens with zero attached hydrogens (tertiary/aromatic N) is 2. The summed E-state index contributed by atoms with van der Waals surface area (Å²) < 4.78 is 45.2. The van der Waals surface area contributed by atoms with Crippen molar-refractivity contribution in [3.05, 3.63) is 59.3 Å². The molecule has 0 atom stereocenters. The topological polar surface area (TPSA) is 25.8 Å². The van der Waals surface area contributed by atoms with Gasteiger partial charge in [0.25, 0.3) is 0 Å². The van der Waals surface area contributed by atoms with Crippen LogP contribution < -0.4 is 0 Å². The summed E-state index contributed by atoms with van der Waals surface area (Å²) in [5.74, 6) is 0. The molecule has 0 aliphatic carbocycles. The van der Waals surface area contributed by atoms with Gasteiger partial charge in [0.15, 0.2) is 0 Å². The molecule has 0 radical (unpaired) electrons. The molecular formula is C19H9F3N2Se2. The summed E-state index contributed by atoms with van der Waals surface area (Å²) in [6.07, 6.45) is -3.23. The molecule has 7 heteroatoms. The second-order valence-electron chi connectivity index (χ2n) is 5.85. The number of alkyl halides is 3. The van der Waals surface area contributed by atoms with Gasteiger partial charge in [-0.15, -0.1) is 0 Å². The van der Waals surface area contributed by atoms with Gasteiger partial charge >= 0.3 is 158 Å². The first-order valence-electron chi connectivity index (χ1n) is 7.73. The Morgan fingerprint density at radius 3 is 2.54 bits per heavy atom. The fraction of sp³-hybridized carbons (Fsp3) is 0.0526. The van der Waals surface area contributed by atoms with Crippen LogP contribution in [0.3, 0.4) is 0 Å². The number of benzene rings is 2. The van der Waals surface area contributed by atoms with Crippen LogP contribution in [-0.2, 0) is 6.18 Å². The Morgan fingerprint density at radius 1 is 0.885 bits per heavy atom. The van der Waals surface area contributed by atoms with Crippen molar-refractivity contribution in [3.63, 3.8) is 0 Å². The van der Waals surface area contributed by atoms with Gasteiger partial charge in [-0.1, -0.05) is 0 Å². The summed E-state index contributed by atoms with van der Waals surface area (Å²) in [5.41, 5.74) is -0.0687. The summed E-state index contributed by atoms with van der Waals surface area (Å²) in [7, 11) is 0. The van der Waals surface area contributed by atoms with Gasteiger partial charge < -0.3 is 0 Å². The first-order chi connectivity index (χ1) is 12.5. The van der Waals surface area contributed by atoms with Crippen molar-refractivity contribution in [3.8, 4) is 10.1 Å². The van der Waals surface area contributed by atoms with Crippen LogP contribution in [-0.4, -0.2) is 39.0 Å². The van der Waals surface area contributed by atoms with Crippen LogP contribution in [0.25, 0.3) is 40.3 Å².